The average molecular weight is 471 g/mol. The Balaban J connectivity index is 1.69. The number of carbonyl (C=O) groups is 5. The molecule has 34 heavy (non-hydrogen) atoms. The SMILES string of the molecule is CC(C)CC(NC(=O)c1cc(-c2ccncc2)n[nH]1)C(=O)NC(CN1CC(=O)NC1=O)C(=O)O. The molecule has 0 spiro atoms. The number of amides is 5. The van der Waals surface area contributed by atoms with Crippen molar-refractivity contribution in [3.8, 4) is 11.3 Å². The van der Waals surface area contributed by atoms with E-state index in [0.29, 0.717) is 5.69 Å². The summed E-state index contributed by atoms with van der Waals surface area (Å²) in [5.74, 6) is -3.27. The van der Waals surface area contributed by atoms with Crippen molar-refractivity contribution in [2.45, 2.75) is 32.4 Å². The monoisotopic (exact) mass is 471 g/mol. The molecular formula is C21H25N7O6. The van der Waals surface area contributed by atoms with Gasteiger partial charge in [-0.15, -0.1) is 0 Å². The molecule has 180 valence electrons. The molecule has 0 saturated carbocycles. The number of carbonyl (C=O) groups excluding carboxylic acids is 4. The predicted octanol–water partition coefficient (Wildman–Crippen LogP) is -0.263. The molecule has 0 bridgehead atoms. The van der Waals surface area contributed by atoms with Gasteiger partial charge in [0.2, 0.25) is 11.8 Å². The fraction of sp³-hybridized carbons (Fsp3) is 0.381. The van der Waals surface area contributed by atoms with Gasteiger partial charge in [-0.25, -0.2) is 9.59 Å². The summed E-state index contributed by atoms with van der Waals surface area (Å²) in [6.45, 7) is 2.99. The van der Waals surface area contributed by atoms with Gasteiger partial charge in [-0.2, -0.15) is 5.10 Å². The second-order valence-electron chi connectivity index (χ2n) is 8.19. The minimum Gasteiger partial charge on any atom is -0.480 e. The van der Waals surface area contributed by atoms with Gasteiger partial charge in [0, 0.05) is 18.0 Å². The maximum atomic E-state index is 12.9. The second-order valence-corrected chi connectivity index (χ2v) is 8.19. The van der Waals surface area contributed by atoms with E-state index < -0.39 is 48.4 Å². The number of aromatic amines is 1. The van der Waals surface area contributed by atoms with E-state index in [4.69, 9.17) is 0 Å². The Kier molecular flexibility index (Phi) is 7.56. The molecule has 13 heteroatoms. The van der Waals surface area contributed by atoms with E-state index >= 15 is 0 Å². The summed E-state index contributed by atoms with van der Waals surface area (Å²) in [7, 11) is 0. The number of hydrogen-bond donors (Lipinski definition) is 5. The van der Waals surface area contributed by atoms with E-state index in [2.05, 4.69) is 25.8 Å². The number of nitrogens with zero attached hydrogens (tertiary/aromatic N) is 3. The first-order valence-electron chi connectivity index (χ1n) is 10.5. The fourth-order valence-electron chi connectivity index (χ4n) is 3.36. The topological polar surface area (TPSA) is 186 Å². The van der Waals surface area contributed by atoms with Crippen molar-refractivity contribution in [3.63, 3.8) is 0 Å². The summed E-state index contributed by atoms with van der Waals surface area (Å²) in [5.41, 5.74) is 1.38. The molecule has 1 aliphatic rings. The highest BCUT2D eigenvalue weighted by Crippen LogP contribution is 2.16. The van der Waals surface area contributed by atoms with Crippen LogP contribution in [-0.4, -0.2) is 80.1 Å². The number of aromatic nitrogens is 3. The number of urea groups is 1. The fourth-order valence-corrected chi connectivity index (χ4v) is 3.36. The lowest BCUT2D eigenvalue weighted by Gasteiger charge is -2.24. The van der Waals surface area contributed by atoms with Gasteiger partial charge in [0.05, 0.1) is 12.2 Å². The first-order chi connectivity index (χ1) is 16.1. The number of carboxylic acids is 1. The van der Waals surface area contributed by atoms with Crippen LogP contribution < -0.4 is 16.0 Å². The van der Waals surface area contributed by atoms with Crippen LogP contribution in [0.1, 0.15) is 30.8 Å². The molecular weight excluding hydrogens is 446 g/mol. The number of hydrogen-bond acceptors (Lipinski definition) is 7. The number of nitrogens with one attached hydrogen (secondary N) is 4. The van der Waals surface area contributed by atoms with Gasteiger partial charge in [-0.3, -0.25) is 29.8 Å². The van der Waals surface area contributed by atoms with Crippen molar-refractivity contribution in [1.82, 2.24) is 36.0 Å². The number of aliphatic carboxylic acids is 1. The van der Waals surface area contributed by atoms with E-state index in [0.717, 1.165) is 10.5 Å². The van der Waals surface area contributed by atoms with Gasteiger partial charge >= 0.3 is 12.0 Å². The third-order valence-electron chi connectivity index (χ3n) is 5.01. The zero-order chi connectivity index (χ0) is 24.8. The highest BCUT2D eigenvalue weighted by atomic mass is 16.4. The van der Waals surface area contributed by atoms with Gasteiger partial charge in [0.15, 0.2) is 0 Å². The lowest BCUT2D eigenvalue weighted by Crippen LogP contribution is -2.55. The summed E-state index contributed by atoms with van der Waals surface area (Å²) in [6.07, 6.45) is 3.42. The first-order valence-corrected chi connectivity index (χ1v) is 10.5. The van der Waals surface area contributed by atoms with Crippen molar-refractivity contribution >= 4 is 29.7 Å². The highest BCUT2D eigenvalue weighted by Gasteiger charge is 2.33. The van der Waals surface area contributed by atoms with Gasteiger partial charge in [0.25, 0.3) is 5.91 Å². The van der Waals surface area contributed by atoms with E-state index in [9.17, 15) is 29.1 Å². The molecule has 13 nitrogen and oxygen atoms in total. The second kappa shape index (κ2) is 10.6. The van der Waals surface area contributed by atoms with Crippen molar-refractivity contribution in [2.24, 2.45) is 5.92 Å². The zero-order valence-electron chi connectivity index (χ0n) is 18.6. The quantitative estimate of drug-likeness (QED) is 0.293. The third kappa shape index (κ3) is 6.15. The van der Waals surface area contributed by atoms with Crippen LogP contribution in [0.3, 0.4) is 0 Å². The lowest BCUT2D eigenvalue weighted by atomic mass is 10.0. The summed E-state index contributed by atoms with van der Waals surface area (Å²) in [4.78, 5) is 65.3. The summed E-state index contributed by atoms with van der Waals surface area (Å²) in [6, 6.07) is 1.73. The van der Waals surface area contributed by atoms with Crippen molar-refractivity contribution < 1.29 is 29.1 Å². The smallest absolute Gasteiger partial charge is 0.328 e. The minimum atomic E-state index is -1.47. The van der Waals surface area contributed by atoms with Crippen LogP contribution in [0.15, 0.2) is 30.6 Å². The number of rotatable bonds is 10. The van der Waals surface area contributed by atoms with E-state index in [1.54, 1.807) is 24.5 Å². The maximum Gasteiger partial charge on any atom is 0.328 e. The Morgan fingerprint density at radius 1 is 1.15 bits per heavy atom. The van der Waals surface area contributed by atoms with Gasteiger partial charge in [-0.1, -0.05) is 13.8 Å². The molecule has 2 aromatic rings. The number of imide groups is 1. The Hall–Kier alpha value is -4.29. The average Bonchev–Trinajstić information content (AvgIpc) is 3.39. The molecule has 2 aromatic heterocycles. The summed E-state index contributed by atoms with van der Waals surface area (Å²) >= 11 is 0. The molecule has 0 aromatic carbocycles. The molecule has 0 aliphatic carbocycles. The van der Waals surface area contributed by atoms with Crippen LogP contribution in [0, 0.1) is 5.92 Å². The Morgan fingerprint density at radius 2 is 1.85 bits per heavy atom. The molecule has 2 atom stereocenters. The van der Waals surface area contributed by atoms with Crippen molar-refractivity contribution in [2.75, 3.05) is 13.1 Å². The maximum absolute atomic E-state index is 12.9. The number of pyridine rings is 1. The minimum absolute atomic E-state index is 0.00421. The number of carboxylic acid groups (broad SMARTS) is 1. The summed E-state index contributed by atoms with van der Waals surface area (Å²) < 4.78 is 0. The van der Waals surface area contributed by atoms with Gasteiger partial charge < -0.3 is 20.6 Å². The Labute approximate surface area is 194 Å². The molecule has 3 heterocycles. The Morgan fingerprint density at radius 3 is 2.44 bits per heavy atom. The van der Waals surface area contributed by atoms with Crippen LogP contribution in [0.25, 0.3) is 11.3 Å². The molecule has 0 radical (unpaired) electrons. The molecule has 2 unspecified atom stereocenters. The van der Waals surface area contributed by atoms with E-state index in [-0.39, 0.29) is 24.6 Å². The van der Waals surface area contributed by atoms with Crippen LogP contribution in [0.4, 0.5) is 4.79 Å². The van der Waals surface area contributed by atoms with Gasteiger partial charge in [-0.05, 0) is 30.5 Å². The Bertz CT molecular complexity index is 1080. The zero-order valence-corrected chi connectivity index (χ0v) is 18.6. The molecule has 5 amide bonds. The number of H-pyrrole nitrogens is 1. The first kappa shape index (κ1) is 24.4. The normalized spacial score (nSPS) is 15.1. The molecule has 1 saturated heterocycles. The van der Waals surface area contributed by atoms with Crippen LogP contribution in [0.5, 0.6) is 0 Å². The predicted molar refractivity (Wildman–Crippen MR) is 117 cm³/mol. The van der Waals surface area contributed by atoms with Gasteiger partial charge in [0.1, 0.15) is 24.3 Å². The lowest BCUT2D eigenvalue weighted by molar-refractivity contribution is -0.142. The van der Waals surface area contributed by atoms with Crippen LogP contribution in [-0.2, 0) is 14.4 Å². The molecule has 1 aliphatic heterocycles. The molecule has 1 fully saturated rings. The van der Waals surface area contributed by atoms with E-state index in [1.807, 2.05) is 19.2 Å². The van der Waals surface area contributed by atoms with Crippen molar-refractivity contribution in [3.05, 3.63) is 36.3 Å². The highest BCUT2D eigenvalue weighted by molar-refractivity contribution is 6.02. The molecule has 5 N–H and O–H groups in total. The standard InChI is InChI=1S/C21H25N7O6/c1-11(2)7-14(18(30)24-16(20(32)33)9-28-10-17(29)25-21(28)34)23-19(31)15-8-13(26-27-15)12-3-5-22-6-4-12/h3-6,8,11,14,16H,7,9-10H2,1-2H3,(H,23,31)(H,24,30)(H,26,27)(H,32,33)(H,25,29,34). The van der Waals surface area contributed by atoms with Crippen molar-refractivity contribution in [1.29, 1.82) is 0 Å². The largest absolute Gasteiger partial charge is 0.480 e. The molecule has 3 rings (SSSR count). The van der Waals surface area contributed by atoms with Crippen LogP contribution >= 0.6 is 0 Å². The third-order valence-corrected chi connectivity index (χ3v) is 5.01. The van der Waals surface area contributed by atoms with E-state index in [1.165, 1.54) is 6.07 Å². The summed E-state index contributed by atoms with van der Waals surface area (Å²) in [5, 5.41) is 23.2. The van der Waals surface area contributed by atoms with Crippen LogP contribution in [0.2, 0.25) is 0 Å².